The van der Waals surface area contributed by atoms with Crippen LogP contribution in [0.25, 0.3) is 0 Å². The molecule has 110 valence electrons. The molecule has 0 saturated heterocycles. The van der Waals surface area contributed by atoms with Crippen molar-refractivity contribution in [1.29, 1.82) is 0 Å². The number of nitro groups is 1. The number of halogens is 1. The Kier molecular flexibility index (Phi) is 4.83. The zero-order chi connectivity index (χ0) is 15.5. The Morgan fingerprint density at radius 2 is 2.15 bits per heavy atom. The maximum atomic E-state index is 12.1. The summed E-state index contributed by atoms with van der Waals surface area (Å²) in [6.07, 6.45) is 1.17. The summed E-state index contributed by atoms with van der Waals surface area (Å²) in [6, 6.07) is 0. The second kappa shape index (κ2) is 6.00. The fourth-order valence-corrected chi connectivity index (χ4v) is 1.58. The molecule has 0 aliphatic rings. The number of hydrogen-bond donors (Lipinski definition) is 0. The lowest BCUT2D eigenvalue weighted by atomic mass is 9.88. The van der Waals surface area contributed by atoms with E-state index in [0.29, 0.717) is 0 Å². The number of ketones is 1. The van der Waals surface area contributed by atoms with Crippen LogP contribution in [-0.4, -0.2) is 33.1 Å². The first-order chi connectivity index (χ1) is 9.20. The Morgan fingerprint density at radius 1 is 1.55 bits per heavy atom. The van der Waals surface area contributed by atoms with E-state index < -0.39 is 27.9 Å². The fraction of sp³-hybridized carbons (Fsp3) is 0.545. The summed E-state index contributed by atoms with van der Waals surface area (Å²) in [4.78, 5) is 33.6. The molecule has 9 heteroatoms. The van der Waals surface area contributed by atoms with Crippen molar-refractivity contribution >= 4 is 29.2 Å². The quantitative estimate of drug-likeness (QED) is 0.342. The molecule has 0 unspecified atom stereocenters. The Morgan fingerprint density at radius 3 is 2.60 bits per heavy atom. The summed E-state index contributed by atoms with van der Waals surface area (Å²) in [6.45, 7) is 4.34. The zero-order valence-corrected chi connectivity index (χ0v) is 12.0. The molecule has 0 aromatic carbocycles. The lowest BCUT2D eigenvalue weighted by Crippen LogP contribution is -2.37. The van der Waals surface area contributed by atoms with E-state index in [0.717, 1.165) is 4.68 Å². The number of nitrogens with zero attached hydrogens (tertiary/aromatic N) is 3. The third kappa shape index (κ3) is 3.32. The third-order valence-corrected chi connectivity index (χ3v) is 2.93. The Hall–Kier alpha value is -1.96. The van der Waals surface area contributed by atoms with Crippen LogP contribution in [0.3, 0.4) is 0 Å². The van der Waals surface area contributed by atoms with E-state index in [-0.39, 0.29) is 18.2 Å². The van der Waals surface area contributed by atoms with E-state index in [2.05, 4.69) is 5.10 Å². The van der Waals surface area contributed by atoms with Crippen LogP contribution in [-0.2, 0) is 20.9 Å². The standard InChI is InChI=1S/C11H14ClN3O5/c1-4-20-10(17)11(2,3)8(16)6-14-5-7(12)9(13-14)15(18)19/h5H,4,6H2,1-3H3. The van der Waals surface area contributed by atoms with Gasteiger partial charge in [-0.05, 0) is 25.7 Å². The first-order valence-corrected chi connectivity index (χ1v) is 6.15. The molecule has 0 saturated carbocycles. The second-order valence-electron chi connectivity index (χ2n) is 4.52. The highest BCUT2D eigenvalue weighted by molar-refractivity contribution is 6.32. The molecule has 1 aromatic rings. The van der Waals surface area contributed by atoms with Gasteiger partial charge >= 0.3 is 11.8 Å². The smallest absolute Gasteiger partial charge is 0.408 e. The van der Waals surface area contributed by atoms with Crippen molar-refractivity contribution in [2.75, 3.05) is 6.61 Å². The number of aromatic nitrogens is 2. The largest absolute Gasteiger partial charge is 0.465 e. The van der Waals surface area contributed by atoms with Crippen molar-refractivity contribution in [2.24, 2.45) is 5.41 Å². The van der Waals surface area contributed by atoms with Gasteiger partial charge < -0.3 is 14.9 Å². The van der Waals surface area contributed by atoms with Gasteiger partial charge in [-0.25, -0.2) is 0 Å². The summed E-state index contributed by atoms with van der Waals surface area (Å²) in [5.41, 5.74) is -1.36. The first kappa shape index (κ1) is 16.1. The van der Waals surface area contributed by atoms with Crippen molar-refractivity contribution < 1.29 is 19.2 Å². The molecule has 0 amide bonds. The number of carbonyl (C=O) groups excluding carboxylic acids is 2. The highest BCUT2D eigenvalue weighted by Crippen LogP contribution is 2.23. The van der Waals surface area contributed by atoms with Gasteiger partial charge in [-0.3, -0.25) is 9.59 Å². The Balaban J connectivity index is 2.88. The third-order valence-electron chi connectivity index (χ3n) is 2.66. The van der Waals surface area contributed by atoms with Gasteiger partial charge in [0.2, 0.25) is 0 Å². The van der Waals surface area contributed by atoms with E-state index >= 15 is 0 Å². The molecule has 8 nitrogen and oxygen atoms in total. The number of ether oxygens (including phenoxy) is 1. The molecule has 0 spiro atoms. The molecular formula is C11H14ClN3O5. The van der Waals surface area contributed by atoms with Crippen LogP contribution in [0.15, 0.2) is 6.20 Å². The van der Waals surface area contributed by atoms with Gasteiger partial charge in [0.25, 0.3) is 0 Å². The predicted molar refractivity (Wildman–Crippen MR) is 69.3 cm³/mol. The normalized spacial score (nSPS) is 11.2. The van der Waals surface area contributed by atoms with Gasteiger partial charge in [0.05, 0.1) is 17.9 Å². The fourth-order valence-electron chi connectivity index (χ4n) is 1.36. The molecule has 0 aliphatic carbocycles. The molecular weight excluding hydrogens is 290 g/mol. The van der Waals surface area contributed by atoms with E-state index in [1.165, 1.54) is 20.0 Å². The summed E-state index contributed by atoms with van der Waals surface area (Å²) < 4.78 is 5.84. The molecule has 0 fully saturated rings. The number of hydrogen-bond acceptors (Lipinski definition) is 6. The van der Waals surface area contributed by atoms with Gasteiger partial charge in [0.15, 0.2) is 10.8 Å². The van der Waals surface area contributed by atoms with Crippen LogP contribution in [0, 0.1) is 15.5 Å². The van der Waals surface area contributed by atoms with Crippen LogP contribution in [0.1, 0.15) is 20.8 Å². The zero-order valence-electron chi connectivity index (χ0n) is 11.3. The summed E-state index contributed by atoms with van der Waals surface area (Å²) in [7, 11) is 0. The van der Waals surface area contributed by atoms with E-state index in [1.807, 2.05) is 0 Å². The topological polar surface area (TPSA) is 104 Å². The first-order valence-electron chi connectivity index (χ1n) is 5.78. The summed E-state index contributed by atoms with van der Waals surface area (Å²) in [5, 5.41) is 14.0. The van der Waals surface area contributed by atoms with Crippen LogP contribution in [0.5, 0.6) is 0 Å². The highest BCUT2D eigenvalue weighted by atomic mass is 35.5. The van der Waals surface area contributed by atoms with Gasteiger partial charge in [-0.2, -0.15) is 4.68 Å². The number of esters is 1. The van der Waals surface area contributed by atoms with Crippen molar-refractivity contribution in [3.05, 3.63) is 21.3 Å². The Labute approximate surface area is 119 Å². The summed E-state index contributed by atoms with van der Waals surface area (Å²) in [5.74, 6) is -1.67. The lowest BCUT2D eigenvalue weighted by molar-refractivity contribution is -0.389. The lowest BCUT2D eigenvalue weighted by Gasteiger charge is -2.19. The maximum Gasteiger partial charge on any atom is 0.408 e. The van der Waals surface area contributed by atoms with Gasteiger partial charge in [-0.15, -0.1) is 0 Å². The van der Waals surface area contributed by atoms with Crippen molar-refractivity contribution in [1.82, 2.24) is 9.78 Å². The summed E-state index contributed by atoms with van der Waals surface area (Å²) >= 11 is 5.62. The Bertz CT molecular complexity index is 552. The minimum atomic E-state index is -1.36. The van der Waals surface area contributed by atoms with Gasteiger partial charge in [-0.1, -0.05) is 11.6 Å². The number of Topliss-reactive ketones (excluding diaryl/α,β-unsaturated/α-hetero) is 1. The minimum Gasteiger partial charge on any atom is -0.465 e. The van der Waals surface area contributed by atoms with E-state index in [4.69, 9.17) is 16.3 Å². The molecule has 1 aromatic heterocycles. The maximum absolute atomic E-state index is 12.1. The SMILES string of the molecule is CCOC(=O)C(C)(C)C(=O)Cn1cc(Cl)c([N+](=O)[O-])n1. The predicted octanol–water partition coefficient (Wildman–Crippen LogP) is 1.60. The number of carbonyl (C=O) groups is 2. The van der Waals surface area contributed by atoms with Crippen LogP contribution < -0.4 is 0 Å². The second-order valence-corrected chi connectivity index (χ2v) is 4.93. The van der Waals surface area contributed by atoms with E-state index in [9.17, 15) is 19.7 Å². The molecule has 1 heterocycles. The molecule has 0 atom stereocenters. The average Bonchev–Trinajstić information content (AvgIpc) is 2.70. The average molecular weight is 304 g/mol. The monoisotopic (exact) mass is 303 g/mol. The van der Waals surface area contributed by atoms with Crippen LogP contribution in [0.4, 0.5) is 5.82 Å². The van der Waals surface area contributed by atoms with Gasteiger partial charge in [0, 0.05) is 0 Å². The molecule has 0 N–H and O–H groups in total. The molecule has 0 bridgehead atoms. The van der Waals surface area contributed by atoms with Crippen LogP contribution in [0.2, 0.25) is 5.02 Å². The molecule has 0 aliphatic heterocycles. The van der Waals surface area contributed by atoms with Crippen molar-refractivity contribution in [3.8, 4) is 0 Å². The molecule has 20 heavy (non-hydrogen) atoms. The highest BCUT2D eigenvalue weighted by Gasteiger charge is 2.38. The van der Waals surface area contributed by atoms with E-state index in [1.54, 1.807) is 6.92 Å². The van der Waals surface area contributed by atoms with Crippen LogP contribution >= 0.6 is 11.6 Å². The minimum absolute atomic E-state index is 0.161. The molecule has 0 radical (unpaired) electrons. The molecule has 1 rings (SSSR count). The van der Waals surface area contributed by atoms with Crippen molar-refractivity contribution in [2.45, 2.75) is 27.3 Å². The van der Waals surface area contributed by atoms with Crippen molar-refractivity contribution in [3.63, 3.8) is 0 Å². The number of rotatable bonds is 6. The van der Waals surface area contributed by atoms with Gasteiger partial charge in [0.1, 0.15) is 12.0 Å².